The van der Waals surface area contributed by atoms with Gasteiger partial charge >= 0.3 is 0 Å². The minimum Gasteiger partial charge on any atom is -0.489 e. The molecule has 0 saturated heterocycles. The molecule has 2 aromatic carbocycles. The van der Waals surface area contributed by atoms with Gasteiger partial charge in [0.2, 0.25) is 0 Å². The molecule has 0 bridgehead atoms. The molecule has 2 heteroatoms. The SMILES string of the molecule is CCCC(NC)c1cccc(OCc2ccccc2)c1. The predicted octanol–water partition coefficient (Wildman–Crippen LogP) is 4.33. The molecule has 1 unspecified atom stereocenters. The molecular formula is C18H23NO. The zero-order chi connectivity index (χ0) is 14.2. The maximum Gasteiger partial charge on any atom is 0.120 e. The molecule has 1 atom stereocenters. The Morgan fingerprint density at radius 2 is 1.85 bits per heavy atom. The van der Waals surface area contributed by atoms with Gasteiger partial charge in [-0.15, -0.1) is 0 Å². The van der Waals surface area contributed by atoms with E-state index in [4.69, 9.17) is 4.74 Å². The third-order valence-electron chi connectivity index (χ3n) is 3.43. The Balaban J connectivity index is 2.02. The molecule has 1 N–H and O–H groups in total. The van der Waals surface area contributed by atoms with Crippen LogP contribution in [0.25, 0.3) is 0 Å². The fourth-order valence-electron chi connectivity index (χ4n) is 2.33. The summed E-state index contributed by atoms with van der Waals surface area (Å²) in [6, 6.07) is 19.0. The van der Waals surface area contributed by atoms with Gasteiger partial charge in [0.15, 0.2) is 0 Å². The highest BCUT2D eigenvalue weighted by molar-refractivity contribution is 5.31. The Bertz CT molecular complexity index is 510. The summed E-state index contributed by atoms with van der Waals surface area (Å²) in [7, 11) is 2.01. The van der Waals surface area contributed by atoms with E-state index in [9.17, 15) is 0 Å². The molecule has 0 radical (unpaired) electrons. The van der Waals surface area contributed by atoms with Crippen LogP contribution in [0.5, 0.6) is 5.75 Å². The molecule has 0 amide bonds. The van der Waals surface area contributed by atoms with Crippen molar-refractivity contribution < 1.29 is 4.74 Å². The van der Waals surface area contributed by atoms with Crippen molar-refractivity contribution in [3.05, 3.63) is 65.7 Å². The minimum absolute atomic E-state index is 0.403. The van der Waals surface area contributed by atoms with Gasteiger partial charge in [0.1, 0.15) is 12.4 Å². The van der Waals surface area contributed by atoms with E-state index in [1.54, 1.807) is 0 Å². The molecule has 0 heterocycles. The van der Waals surface area contributed by atoms with Crippen LogP contribution < -0.4 is 10.1 Å². The van der Waals surface area contributed by atoms with Gasteiger partial charge in [-0.05, 0) is 36.7 Å². The Labute approximate surface area is 121 Å². The van der Waals surface area contributed by atoms with Crippen molar-refractivity contribution in [2.75, 3.05) is 7.05 Å². The third-order valence-corrected chi connectivity index (χ3v) is 3.43. The molecule has 0 spiro atoms. The van der Waals surface area contributed by atoms with Gasteiger partial charge in [-0.2, -0.15) is 0 Å². The average Bonchev–Trinajstić information content (AvgIpc) is 2.52. The highest BCUT2D eigenvalue weighted by Crippen LogP contribution is 2.23. The molecule has 106 valence electrons. The number of ether oxygens (including phenoxy) is 1. The van der Waals surface area contributed by atoms with E-state index in [2.05, 4.69) is 42.6 Å². The van der Waals surface area contributed by atoms with Crippen LogP contribution in [0.3, 0.4) is 0 Å². The van der Waals surface area contributed by atoms with Gasteiger partial charge in [-0.1, -0.05) is 55.8 Å². The Morgan fingerprint density at radius 3 is 2.55 bits per heavy atom. The molecule has 2 rings (SSSR count). The topological polar surface area (TPSA) is 21.3 Å². The summed E-state index contributed by atoms with van der Waals surface area (Å²) in [6.07, 6.45) is 2.30. The first-order valence-electron chi connectivity index (χ1n) is 7.27. The molecule has 0 saturated carbocycles. The monoisotopic (exact) mass is 269 g/mol. The summed E-state index contributed by atoms with van der Waals surface area (Å²) in [5.41, 5.74) is 2.48. The Morgan fingerprint density at radius 1 is 1.05 bits per heavy atom. The molecular weight excluding hydrogens is 246 g/mol. The molecule has 0 aliphatic rings. The largest absolute Gasteiger partial charge is 0.489 e. The maximum atomic E-state index is 5.88. The number of hydrogen-bond acceptors (Lipinski definition) is 2. The van der Waals surface area contributed by atoms with E-state index < -0.39 is 0 Å². The van der Waals surface area contributed by atoms with Crippen LogP contribution in [0.2, 0.25) is 0 Å². The summed E-state index contributed by atoms with van der Waals surface area (Å²) in [5, 5.41) is 3.36. The lowest BCUT2D eigenvalue weighted by Crippen LogP contribution is -2.15. The van der Waals surface area contributed by atoms with Gasteiger partial charge in [-0.25, -0.2) is 0 Å². The van der Waals surface area contributed by atoms with Crippen LogP contribution in [-0.4, -0.2) is 7.05 Å². The number of hydrogen-bond donors (Lipinski definition) is 1. The third kappa shape index (κ3) is 4.10. The fraction of sp³-hybridized carbons (Fsp3) is 0.333. The van der Waals surface area contributed by atoms with Crippen LogP contribution in [-0.2, 0) is 6.61 Å². The first-order chi connectivity index (χ1) is 9.83. The standard InChI is InChI=1S/C18H23NO/c1-3-8-18(19-2)16-11-7-12-17(13-16)20-14-15-9-5-4-6-10-15/h4-7,9-13,18-19H,3,8,14H2,1-2H3. The van der Waals surface area contributed by atoms with E-state index in [0.717, 1.165) is 12.2 Å². The lowest BCUT2D eigenvalue weighted by molar-refractivity contribution is 0.305. The van der Waals surface area contributed by atoms with Crippen LogP contribution in [0.15, 0.2) is 54.6 Å². The summed E-state index contributed by atoms with van der Waals surface area (Å²) < 4.78 is 5.88. The average molecular weight is 269 g/mol. The first kappa shape index (κ1) is 14.6. The Hall–Kier alpha value is -1.80. The molecule has 0 aromatic heterocycles. The zero-order valence-corrected chi connectivity index (χ0v) is 12.3. The van der Waals surface area contributed by atoms with Crippen LogP contribution in [0.1, 0.15) is 36.9 Å². The number of rotatable bonds is 7. The van der Waals surface area contributed by atoms with Gasteiger partial charge in [0, 0.05) is 6.04 Å². The summed E-state index contributed by atoms with van der Waals surface area (Å²) >= 11 is 0. The quantitative estimate of drug-likeness (QED) is 0.808. The Kier molecular flexibility index (Phi) is 5.63. The van der Waals surface area contributed by atoms with Crippen molar-refractivity contribution in [3.8, 4) is 5.75 Å². The minimum atomic E-state index is 0.403. The maximum absolute atomic E-state index is 5.88. The molecule has 2 aromatic rings. The van der Waals surface area contributed by atoms with E-state index in [0.29, 0.717) is 12.6 Å². The lowest BCUT2D eigenvalue weighted by Gasteiger charge is -2.16. The van der Waals surface area contributed by atoms with E-state index in [1.165, 1.54) is 17.5 Å². The summed E-state index contributed by atoms with van der Waals surface area (Å²) in [6.45, 7) is 2.82. The van der Waals surface area contributed by atoms with Crippen molar-refractivity contribution in [2.24, 2.45) is 0 Å². The van der Waals surface area contributed by atoms with Crippen molar-refractivity contribution in [1.29, 1.82) is 0 Å². The zero-order valence-electron chi connectivity index (χ0n) is 12.3. The molecule has 0 aliphatic heterocycles. The molecule has 2 nitrogen and oxygen atoms in total. The van der Waals surface area contributed by atoms with Crippen molar-refractivity contribution >= 4 is 0 Å². The van der Waals surface area contributed by atoms with Crippen LogP contribution in [0.4, 0.5) is 0 Å². The predicted molar refractivity (Wildman–Crippen MR) is 83.9 cm³/mol. The highest BCUT2D eigenvalue weighted by atomic mass is 16.5. The van der Waals surface area contributed by atoms with E-state index >= 15 is 0 Å². The van der Waals surface area contributed by atoms with Crippen LogP contribution >= 0.6 is 0 Å². The molecule has 0 aliphatic carbocycles. The second-order valence-corrected chi connectivity index (χ2v) is 4.98. The number of nitrogens with one attached hydrogen (secondary N) is 1. The first-order valence-corrected chi connectivity index (χ1v) is 7.27. The van der Waals surface area contributed by atoms with E-state index in [-0.39, 0.29) is 0 Å². The fourth-order valence-corrected chi connectivity index (χ4v) is 2.33. The smallest absolute Gasteiger partial charge is 0.120 e. The second kappa shape index (κ2) is 7.71. The normalized spacial score (nSPS) is 12.1. The van der Waals surface area contributed by atoms with Crippen molar-refractivity contribution in [3.63, 3.8) is 0 Å². The van der Waals surface area contributed by atoms with Gasteiger partial charge in [0.25, 0.3) is 0 Å². The lowest BCUT2D eigenvalue weighted by atomic mass is 10.0. The van der Waals surface area contributed by atoms with Gasteiger partial charge in [-0.3, -0.25) is 0 Å². The highest BCUT2D eigenvalue weighted by Gasteiger charge is 2.08. The van der Waals surface area contributed by atoms with Crippen LogP contribution in [0, 0.1) is 0 Å². The summed E-state index contributed by atoms with van der Waals surface area (Å²) in [4.78, 5) is 0. The van der Waals surface area contributed by atoms with Crippen molar-refractivity contribution in [1.82, 2.24) is 5.32 Å². The molecule has 20 heavy (non-hydrogen) atoms. The van der Waals surface area contributed by atoms with E-state index in [1.807, 2.05) is 31.3 Å². The van der Waals surface area contributed by atoms with Gasteiger partial charge < -0.3 is 10.1 Å². The molecule has 0 fully saturated rings. The van der Waals surface area contributed by atoms with Gasteiger partial charge in [0.05, 0.1) is 0 Å². The number of benzene rings is 2. The summed E-state index contributed by atoms with van der Waals surface area (Å²) in [5.74, 6) is 0.933. The second-order valence-electron chi connectivity index (χ2n) is 4.98. The van der Waals surface area contributed by atoms with Crippen molar-refractivity contribution in [2.45, 2.75) is 32.4 Å².